The van der Waals surface area contributed by atoms with E-state index in [1.54, 1.807) is 12.1 Å². The maximum atomic E-state index is 14.2. The number of carbonyl (C=O) groups is 1. The van der Waals surface area contributed by atoms with Gasteiger partial charge in [0.15, 0.2) is 5.78 Å². The predicted molar refractivity (Wildman–Crippen MR) is 73.1 cm³/mol. The third-order valence-corrected chi connectivity index (χ3v) is 3.74. The molecule has 1 fully saturated rings. The van der Waals surface area contributed by atoms with Crippen molar-refractivity contribution in [2.45, 2.75) is 38.6 Å². The fourth-order valence-electron chi connectivity index (χ4n) is 2.75. The predicted octanol–water partition coefficient (Wildman–Crippen LogP) is 2.77. The first-order valence-corrected chi connectivity index (χ1v) is 6.82. The summed E-state index contributed by atoms with van der Waals surface area (Å²) in [7, 11) is 0. The molecule has 0 amide bonds. The van der Waals surface area contributed by atoms with E-state index in [1.807, 2.05) is 4.90 Å². The van der Waals surface area contributed by atoms with E-state index >= 15 is 0 Å². The van der Waals surface area contributed by atoms with Gasteiger partial charge in [-0.1, -0.05) is 18.9 Å². The molecule has 1 saturated heterocycles. The van der Waals surface area contributed by atoms with E-state index in [2.05, 4.69) is 0 Å². The Bertz CT molecular complexity index is 461. The number of para-hydroxylation sites is 1. The molecule has 1 aliphatic heterocycles. The summed E-state index contributed by atoms with van der Waals surface area (Å²) < 4.78 is 14.2. The van der Waals surface area contributed by atoms with Gasteiger partial charge in [-0.2, -0.15) is 0 Å². The third kappa shape index (κ3) is 2.95. The summed E-state index contributed by atoms with van der Waals surface area (Å²) in [6, 6.07) is 4.49. The SMILES string of the molecule is CC(=O)c1cccc(F)c1N1CCCCCC1CO. The van der Waals surface area contributed by atoms with Gasteiger partial charge in [0, 0.05) is 12.1 Å². The van der Waals surface area contributed by atoms with Gasteiger partial charge in [0.2, 0.25) is 0 Å². The zero-order valence-corrected chi connectivity index (χ0v) is 11.2. The average molecular weight is 265 g/mol. The smallest absolute Gasteiger partial charge is 0.161 e. The van der Waals surface area contributed by atoms with Crippen LogP contribution in [0.3, 0.4) is 0 Å². The molecule has 19 heavy (non-hydrogen) atoms. The number of rotatable bonds is 3. The molecule has 0 bridgehead atoms. The van der Waals surface area contributed by atoms with Crippen LogP contribution in [0.5, 0.6) is 0 Å². The second kappa shape index (κ2) is 6.15. The maximum Gasteiger partial charge on any atom is 0.161 e. The lowest BCUT2D eigenvalue weighted by Crippen LogP contribution is -2.39. The minimum Gasteiger partial charge on any atom is -0.394 e. The number of hydrogen-bond donors (Lipinski definition) is 1. The van der Waals surface area contributed by atoms with Crippen LogP contribution in [0.25, 0.3) is 0 Å². The molecule has 104 valence electrons. The highest BCUT2D eigenvalue weighted by atomic mass is 19.1. The molecule has 2 rings (SSSR count). The van der Waals surface area contributed by atoms with Gasteiger partial charge in [0.25, 0.3) is 0 Å². The lowest BCUT2D eigenvalue weighted by Gasteiger charge is -2.32. The van der Waals surface area contributed by atoms with E-state index in [-0.39, 0.29) is 24.2 Å². The molecule has 0 saturated carbocycles. The standard InChI is InChI=1S/C15H20FNO2/c1-11(19)13-7-5-8-14(16)15(13)17-9-4-2-3-6-12(17)10-18/h5,7-8,12,18H,2-4,6,9-10H2,1H3. The normalized spacial score (nSPS) is 20.2. The molecular formula is C15H20FNO2. The Balaban J connectivity index is 2.45. The molecule has 1 aromatic rings. The maximum absolute atomic E-state index is 14.2. The third-order valence-electron chi connectivity index (χ3n) is 3.74. The number of anilines is 1. The average Bonchev–Trinajstić information content (AvgIpc) is 2.63. The number of aliphatic hydroxyl groups excluding tert-OH is 1. The van der Waals surface area contributed by atoms with Crippen molar-refractivity contribution in [3.63, 3.8) is 0 Å². The Hall–Kier alpha value is -1.42. The van der Waals surface area contributed by atoms with E-state index < -0.39 is 0 Å². The molecule has 0 aromatic heterocycles. The van der Waals surface area contributed by atoms with Crippen LogP contribution in [0.1, 0.15) is 43.0 Å². The minimum absolute atomic E-state index is 0.00825. The number of benzene rings is 1. The molecule has 1 heterocycles. The van der Waals surface area contributed by atoms with Crippen molar-refractivity contribution in [1.29, 1.82) is 0 Å². The molecule has 0 spiro atoms. The van der Waals surface area contributed by atoms with Crippen LogP contribution >= 0.6 is 0 Å². The molecule has 0 aliphatic carbocycles. The van der Waals surface area contributed by atoms with Crippen molar-refractivity contribution in [2.24, 2.45) is 0 Å². The zero-order chi connectivity index (χ0) is 13.8. The van der Waals surface area contributed by atoms with Crippen molar-refractivity contribution in [2.75, 3.05) is 18.1 Å². The molecule has 1 aliphatic rings. The summed E-state index contributed by atoms with van der Waals surface area (Å²) in [6.45, 7) is 2.13. The highest BCUT2D eigenvalue weighted by molar-refractivity contribution is 5.99. The first-order chi connectivity index (χ1) is 9.15. The lowest BCUT2D eigenvalue weighted by atomic mass is 10.0. The number of halogens is 1. The molecule has 0 radical (unpaired) electrons. The summed E-state index contributed by atoms with van der Waals surface area (Å²) in [4.78, 5) is 13.6. The summed E-state index contributed by atoms with van der Waals surface area (Å²) in [5.74, 6) is -0.525. The summed E-state index contributed by atoms with van der Waals surface area (Å²) >= 11 is 0. The van der Waals surface area contributed by atoms with Gasteiger partial charge in [-0.05, 0) is 31.9 Å². The molecule has 1 aromatic carbocycles. The molecule has 1 unspecified atom stereocenters. The fraction of sp³-hybridized carbons (Fsp3) is 0.533. The summed E-state index contributed by atoms with van der Waals surface area (Å²) in [6.07, 6.45) is 3.91. The van der Waals surface area contributed by atoms with Crippen molar-refractivity contribution in [3.8, 4) is 0 Å². The van der Waals surface area contributed by atoms with E-state index in [0.29, 0.717) is 17.8 Å². The minimum atomic E-state index is -0.381. The molecule has 3 nitrogen and oxygen atoms in total. The number of Topliss-reactive ketones (excluding diaryl/α,β-unsaturated/α-hetero) is 1. The van der Waals surface area contributed by atoms with E-state index in [1.165, 1.54) is 13.0 Å². The number of ketones is 1. The van der Waals surface area contributed by atoms with Crippen molar-refractivity contribution in [1.82, 2.24) is 0 Å². The van der Waals surface area contributed by atoms with Crippen LogP contribution < -0.4 is 4.90 Å². The van der Waals surface area contributed by atoms with Gasteiger partial charge < -0.3 is 10.0 Å². The second-order valence-electron chi connectivity index (χ2n) is 5.07. The Kier molecular flexibility index (Phi) is 4.53. The van der Waals surface area contributed by atoms with Gasteiger partial charge >= 0.3 is 0 Å². The lowest BCUT2D eigenvalue weighted by molar-refractivity contribution is 0.101. The van der Waals surface area contributed by atoms with Crippen LogP contribution in [-0.2, 0) is 0 Å². The largest absolute Gasteiger partial charge is 0.394 e. The number of aliphatic hydroxyl groups is 1. The van der Waals surface area contributed by atoms with Gasteiger partial charge in [-0.25, -0.2) is 4.39 Å². The van der Waals surface area contributed by atoms with Crippen LogP contribution in [0.15, 0.2) is 18.2 Å². The van der Waals surface area contributed by atoms with E-state index in [4.69, 9.17) is 0 Å². The van der Waals surface area contributed by atoms with Crippen molar-refractivity contribution >= 4 is 11.5 Å². The Morgan fingerprint density at radius 1 is 1.42 bits per heavy atom. The Morgan fingerprint density at radius 3 is 2.89 bits per heavy atom. The molecule has 1 atom stereocenters. The first kappa shape index (κ1) is 14.0. The Morgan fingerprint density at radius 2 is 2.21 bits per heavy atom. The van der Waals surface area contributed by atoms with Crippen LogP contribution in [0.4, 0.5) is 10.1 Å². The van der Waals surface area contributed by atoms with Crippen LogP contribution in [0.2, 0.25) is 0 Å². The molecule has 4 heteroatoms. The van der Waals surface area contributed by atoms with Gasteiger partial charge in [-0.3, -0.25) is 4.79 Å². The Labute approximate surface area is 113 Å². The van der Waals surface area contributed by atoms with Crippen molar-refractivity contribution in [3.05, 3.63) is 29.6 Å². The number of hydrogen-bond acceptors (Lipinski definition) is 3. The topological polar surface area (TPSA) is 40.5 Å². The van der Waals surface area contributed by atoms with Crippen LogP contribution in [0, 0.1) is 5.82 Å². The van der Waals surface area contributed by atoms with Gasteiger partial charge in [0.05, 0.1) is 18.3 Å². The highest BCUT2D eigenvalue weighted by Gasteiger charge is 2.26. The van der Waals surface area contributed by atoms with Gasteiger partial charge in [0.1, 0.15) is 5.82 Å². The zero-order valence-electron chi connectivity index (χ0n) is 11.2. The molecule has 1 N–H and O–H groups in total. The quantitative estimate of drug-likeness (QED) is 0.854. The van der Waals surface area contributed by atoms with E-state index in [9.17, 15) is 14.3 Å². The fourth-order valence-corrected chi connectivity index (χ4v) is 2.75. The first-order valence-electron chi connectivity index (χ1n) is 6.82. The summed E-state index contributed by atoms with van der Waals surface area (Å²) in [5.41, 5.74) is 0.760. The monoisotopic (exact) mass is 265 g/mol. The second-order valence-corrected chi connectivity index (χ2v) is 5.07. The van der Waals surface area contributed by atoms with Crippen LogP contribution in [-0.4, -0.2) is 30.1 Å². The van der Waals surface area contributed by atoms with Crippen molar-refractivity contribution < 1.29 is 14.3 Å². The number of nitrogens with zero attached hydrogens (tertiary/aromatic N) is 1. The van der Waals surface area contributed by atoms with E-state index in [0.717, 1.165) is 25.7 Å². The van der Waals surface area contributed by atoms with Gasteiger partial charge in [-0.15, -0.1) is 0 Å². The summed E-state index contributed by atoms with van der Waals surface area (Å²) in [5, 5.41) is 9.52. The molecular weight excluding hydrogens is 245 g/mol. The number of carbonyl (C=O) groups excluding carboxylic acids is 1. The highest BCUT2D eigenvalue weighted by Crippen LogP contribution is 2.30.